The Balaban J connectivity index is 1.57. The molecular formula is C22H25ClN4O4. The standard InChI is InChI=1S/C22H25ClN4O4/c1-29-20-13-18-16(12-21(20)31-8-2-5-27-6-9-30-10-7-27)22(25-14-24-18)26-15-3-4-19(28)17(23)11-15/h3-4,11-14,28H,2,5-10H2,1H3,(H,24,25,26)/i1D3. The smallest absolute Gasteiger partial charge is 0.162 e. The fraction of sp³-hybridized carbons (Fsp3) is 0.364. The molecule has 0 amide bonds. The Morgan fingerprint density at radius 1 is 1.23 bits per heavy atom. The molecule has 0 unspecified atom stereocenters. The van der Waals surface area contributed by atoms with Crippen LogP contribution in [0, 0.1) is 0 Å². The Morgan fingerprint density at radius 3 is 2.90 bits per heavy atom. The molecule has 9 heteroatoms. The molecule has 3 aromatic rings. The fourth-order valence-corrected chi connectivity index (χ4v) is 3.55. The quantitative estimate of drug-likeness (QED) is 0.397. The van der Waals surface area contributed by atoms with Crippen molar-refractivity contribution in [1.29, 1.82) is 0 Å². The molecule has 164 valence electrons. The zero-order chi connectivity index (χ0) is 24.1. The number of methoxy groups -OCH3 is 1. The number of hydrogen-bond donors (Lipinski definition) is 2. The first kappa shape index (κ1) is 17.8. The third-order valence-electron chi connectivity index (χ3n) is 5.00. The molecule has 1 saturated heterocycles. The number of aromatic hydroxyl groups is 1. The second-order valence-electron chi connectivity index (χ2n) is 7.09. The second-order valence-corrected chi connectivity index (χ2v) is 7.49. The van der Waals surface area contributed by atoms with Crippen LogP contribution in [-0.4, -0.2) is 66.5 Å². The first-order valence-electron chi connectivity index (χ1n) is 11.4. The van der Waals surface area contributed by atoms with Crippen LogP contribution in [0.5, 0.6) is 17.2 Å². The molecule has 0 spiro atoms. The van der Waals surface area contributed by atoms with Gasteiger partial charge in [0.1, 0.15) is 17.9 Å². The zero-order valence-corrected chi connectivity index (χ0v) is 17.6. The molecule has 1 fully saturated rings. The SMILES string of the molecule is [2H]C([2H])([2H])Oc1cc2ncnc(Nc3ccc(O)c(Cl)c3)c2cc1OCCCN1CCOCC1. The lowest BCUT2D eigenvalue weighted by molar-refractivity contribution is 0.0357. The zero-order valence-electron chi connectivity index (χ0n) is 19.8. The van der Waals surface area contributed by atoms with E-state index in [2.05, 4.69) is 20.2 Å². The number of morpholine rings is 1. The van der Waals surface area contributed by atoms with Crippen LogP contribution in [-0.2, 0) is 4.74 Å². The van der Waals surface area contributed by atoms with Crippen molar-refractivity contribution in [3.8, 4) is 17.2 Å². The molecule has 2 aromatic carbocycles. The molecule has 1 aliphatic rings. The van der Waals surface area contributed by atoms with E-state index in [1.54, 1.807) is 18.2 Å². The second kappa shape index (κ2) is 10.00. The van der Waals surface area contributed by atoms with Crippen LogP contribution in [0.4, 0.5) is 11.5 Å². The number of benzene rings is 2. The average molecular weight is 448 g/mol. The summed E-state index contributed by atoms with van der Waals surface area (Å²) in [5.41, 5.74) is 1.08. The van der Waals surface area contributed by atoms with E-state index in [0.717, 1.165) is 39.3 Å². The number of anilines is 2. The van der Waals surface area contributed by atoms with Crippen LogP contribution < -0.4 is 14.8 Å². The van der Waals surface area contributed by atoms with Crippen molar-refractivity contribution >= 4 is 34.0 Å². The molecule has 0 atom stereocenters. The van der Waals surface area contributed by atoms with Crippen molar-refractivity contribution < 1.29 is 23.4 Å². The van der Waals surface area contributed by atoms with Gasteiger partial charge in [0.25, 0.3) is 0 Å². The van der Waals surface area contributed by atoms with Crippen molar-refractivity contribution in [1.82, 2.24) is 14.9 Å². The third kappa shape index (κ3) is 5.28. The third-order valence-corrected chi connectivity index (χ3v) is 5.30. The molecule has 1 aliphatic heterocycles. The highest BCUT2D eigenvalue weighted by atomic mass is 35.5. The number of aromatic nitrogens is 2. The summed E-state index contributed by atoms with van der Waals surface area (Å²) in [5.74, 6) is 0.799. The van der Waals surface area contributed by atoms with E-state index in [1.165, 1.54) is 18.5 Å². The Labute approximate surface area is 189 Å². The molecule has 0 bridgehead atoms. The van der Waals surface area contributed by atoms with Crippen LogP contribution in [0.1, 0.15) is 10.5 Å². The van der Waals surface area contributed by atoms with Gasteiger partial charge in [-0.1, -0.05) is 11.6 Å². The number of hydrogen-bond acceptors (Lipinski definition) is 8. The van der Waals surface area contributed by atoms with E-state index in [1.807, 2.05) is 0 Å². The topological polar surface area (TPSA) is 89.0 Å². The van der Waals surface area contributed by atoms with Gasteiger partial charge in [-0.3, -0.25) is 4.90 Å². The average Bonchev–Trinajstić information content (AvgIpc) is 2.79. The van der Waals surface area contributed by atoms with Gasteiger partial charge in [-0.2, -0.15) is 0 Å². The van der Waals surface area contributed by atoms with E-state index in [-0.39, 0.29) is 22.3 Å². The lowest BCUT2D eigenvalue weighted by Gasteiger charge is -2.26. The Bertz CT molecular complexity index is 1140. The highest BCUT2D eigenvalue weighted by molar-refractivity contribution is 6.32. The molecule has 2 heterocycles. The van der Waals surface area contributed by atoms with Gasteiger partial charge in [0.2, 0.25) is 0 Å². The van der Waals surface area contributed by atoms with Gasteiger partial charge in [0.15, 0.2) is 11.5 Å². The number of fused-ring (bicyclic) bond motifs is 1. The Hall–Kier alpha value is -2.81. The molecule has 31 heavy (non-hydrogen) atoms. The van der Waals surface area contributed by atoms with E-state index in [0.29, 0.717) is 29.0 Å². The van der Waals surface area contributed by atoms with Crippen molar-refractivity contribution in [2.24, 2.45) is 0 Å². The highest BCUT2D eigenvalue weighted by Crippen LogP contribution is 2.35. The van der Waals surface area contributed by atoms with Crippen LogP contribution in [0.3, 0.4) is 0 Å². The highest BCUT2D eigenvalue weighted by Gasteiger charge is 2.13. The lowest BCUT2D eigenvalue weighted by atomic mass is 10.2. The predicted molar refractivity (Wildman–Crippen MR) is 120 cm³/mol. The summed E-state index contributed by atoms with van der Waals surface area (Å²) in [6, 6.07) is 7.88. The Morgan fingerprint density at radius 2 is 2.10 bits per heavy atom. The summed E-state index contributed by atoms with van der Waals surface area (Å²) in [7, 11) is -2.64. The minimum atomic E-state index is -2.64. The summed E-state index contributed by atoms with van der Waals surface area (Å²) in [5, 5.41) is 13.6. The number of ether oxygens (including phenoxy) is 3. The van der Waals surface area contributed by atoms with E-state index >= 15 is 0 Å². The summed E-state index contributed by atoms with van der Waals surface area (Å²) in [6.45, 7) is 4.45. The van der Waals surface area contributed by atoms with Gasteiger partial charge < -0.3 is 24.6 Å². The van der Waals surface area contributed by atoms with Gasteiger partial charge >= 0.3 is 0 Å². The van der Waals surface area contributed by atoms with Crippen LogP contribution in [0.2, 0.25) is 5.02 Å². The minimum absolute atomic E-state index is 0.0287. The molecule has 1 aromatic heterocycles. The van der Waals surface area contributed by atoms with Crippen molar-refractivity contribution in [2.75, 3.05) is 51.8 Å². The van der Waals surface area contributed by atoms with E-state index in [4.69, 9.17) is 29.9 Å². The molecule has 0 radical (unpaired) electrons. The maximum absolute atomic E-state index is 9.66. The van der Waals surface area contributed by atoms with Crippen LogP contribution >= 0.6 is 11.6 Å². The number of rotatable bonds is 8. The van der Waals surface area contributed by atoms with Crippen molar-refractivity contribution in [2.45, 2.75) is 6.42 Å². The number of phenolic OH excluding ortho intramolecular Hbond substituents is 1. The van der Waals surface area contributed by atoms with Gasteiger partial charge in [-0.05, 0) is 30.7 Å². The van der Waals surface area contributed by atoms with Gasteiger partial charge in [0.05, 0.1) is 41.5 Å². The van der Waals surface area contributed by atoms with Gasteiger partial charge in [-0.25, -0.2) is 9.97 Å². The van der Waals surface area contributed by atoms with Crippen molar-refractivity contribution in [3.05, 3.63) is 41.7 Å². The molecule has 8 nitrogen and oxygen atoms in total. The molecular weight excluding hydrogens is 420 g/mol. The Kier molecular flexibility index (Phi) is 5.75. The molecule has 0 aliphatic carbocycles. The van der Waals surface area contributed by atoms with Gasteiger partial charge in [0, 0.05) is 36.8 Å². The predicted octanol–water partition coefficient (Wildman–Crippen LogP) is 3.84. The number of nitrogens with zero attached hydrogens (tertiary/aromatic N) is 3. The van der Waals surface area contributed by atoms with E-state index in [9.17, 15) is 5.11 Å². The maximum Gasteiger partial charge on any atom is 0.162 e. The summed E-state index contributed by atoms with van der Waals surface area (Å²) in [4.78, 5) is 10.9. The number of phenols is 1. The minimum Gasteiger partial charge on any atom is -0.506 e. The fourth-order valence-electron chi connectivity index (χ4n) is 3.37. The largest absolute Gasteiger partial charge is 0.506 e. The first-order chi connectivity index (χ1) is 16.3. The molecule has 4 rings (SSSR count). The van der Waals surface area contributed by atoms with Crippen LogP contribution in [0.15, 0.2) is 36.7 Å². The summed E-state index contributed by atoms with van der Waals surface area (Å²) < 4.78 is 39.0. The normalized spacial score (nSPS) is 16.4. The number of nitrogens with one attached hydrogen (secondary N) is 1. The summed E-state index contributed by atoms with van der Waals surface area (Å²) in [6.07, 6.45) is 2.11. The molecule has 0 saturated carbocycles. The van der Waals surface area contributed by atoms with Gasteiger partial charge in [-0.15, -0.1) is 0 Å². The monoisotopic (exact) mass is 447 g/mol. The van der Waals surface area contributed by atoms with Crippen LogP contribution in [0.25, 0.3) is 10.9 Å². The summed E-state index contributed by atoms with van der Waals surface area (Å²) >= 11 is 6.01. The van der Waals surface area contributed by atoms with Crippen molar-refractivity contribution in [3.63, 3.8) is 0 Å². The number of halogens is 1. The van der Waals surface area contributed by atoms with E-state index < -0.39 is 7.04 Å². The lowest BCUT2D eigenvalue weighted by Crippen LogP contribution is -2.37. The maximum atomic E-state index is 9.66. The first-order valence-corrected chi connectivity index (χ1v) is 10.3. The molecule has 2 N–H and O–H groups in total.